The quantitative estimate of drug-likeness (QED) is 0.376. The Kier molecular flexibility index (Phi) is 5.87. The zero-order valence-corrected chi connectivity index (χ0v) is 19.0. The van der Waals surface area contributed by atoms with Gasteiger partial charge in [0.1, 0.15) is 17.3 Å². The van der Waals surface area contributed by atoms with Crippen LogP contribution in [0.3, 0.4) is 0 Å². The highest BCUT2D eigenvalue weighted by Gasteiger charge is 2.26. The lowest BCUT2D eigenvalue weighted by molar-refractivity contribution is 0.0796. The van der Waals surface area contributed by atoms with E-state index in [4.69, 9.17) is 9.15 Å². The number of aromatic nitrogens is 2. The zero-order chi connectivity index (χ0) is 23.8. The molecule has 1 aliphatic heterocycles. The Morgan fingerprint density at radius 1 is 1.00 bits per heavy atom. The standard InChI is InChI=1S/C27H24F2N2O3/c1-16-4-3-5-17(2)25(16)31-15-19(6-9-23(31)32)26-24(21-8-7-20(28)14-22(21)29)30-27(34-26)18-10-12-33-13-11-18/h3-9,14-15,18H,10-13H2,1-2H3. The minimum atomic E-state index is -0.726. The summed E-state index contributed by atoms with van der Waals surface area (Å²) in [6.07, 6.45) is 3.18. The van der Waals surface area contributed by atoms with Crippen molar-refractivity contribution in [1.29, 1.82) is 0 Å². The molecule has 0 aliphatic carbocycles. The van der Waals surface area contributed by atoms with Crippen molar-refractivity contribution < 1.29 is 17.9 Å². The molecule has 0 amide bonds. The van der Waals surface area contributed by atoms with Crippen molar-refractivity contribution in [3.05, 3.63) is 93.7 Å². The molecule has 0 atom stereocenters. The highest BCUT2D eigenvalue weighted by molar-refractivity contribution is 5.77. The van der Waals surface area contributed by atoms with Crippen molar-refractivity contribution in [2.75, 3.05) is 13.2 Å². The van der Waals surface area contributed by atoms with Crippen molar-refractivity contribution in [1.82, 2.24) is 9.55 Å². The fraction of sp³-hybridized carbons (Fsp3) is 0.259. The number of pyridine rings is 1. The summed E-state index contributed by atoms with van der Waals surface area (Å²) in [5.41, 5.74) is 3.49. The third kappa shape index (κ3) is 4.07. The second-order valence-electron chi connectivity index (χ2n) is 8.61. The highest BCUT2D eigenvalue weighted by atomic mass is 19.1. The summed E-state index contributed by atoms with van der Waals surface area (Å²) in [6.45, 7) is 5.08. The van der Waals surface area contributed by atoms with Crippen LogP contribution in [0.2, 0.25) is 0 Å². The van der Waals surface area contributed by atoms with E-state index in [1.54, 1.807) is 16.8 Å². The first-order valence-electron chi connectivity index (χ1n) is 11.3. The number of benzene rings is 2. The Labute approximate surface area is 195 Å². The summed E-state index contributed by atoms with van der Waals surface area (Å²) in [5, 5.41) is 0. The first-order chi connectivity index (χ1) is 16.4. The third-order valence-corrected chi connectivity index (χ3v) is 6.25. The molecule has 34 heavy (non-hydrogen) atoms. The number of hydrogen-bond acceptors (Lipinski definition) is 4. The van der Waals surface area contributed by atoms with Crippen LogP contribution < -0.4 is 5.56 Å². The molecule has 0 radical (unpaired) electrons. The molecule has 7 heteroatoms. The maximum Gasteiger partial charge on any atom is 0.255 e. The molecule has 0 saturated carbocycles. The molecule has 0 N–H and O–H groups in total. The monoisotopic (exact) mass is 462 g/mol. The average Bonchev–Trinajstić information content (AvgIpc) is 3.26. The van der Waals surface area contributed by atoms with Gasteiger partial charge in [0.2, 0.25) is 0 Å². The first-order valence-corrected chi connectivity index (χ1v) is 11.3. The van der Waals surface area contributed by atoms with Gasteiger partial charge < -0.3 is 9.15 Å². The highest BCUT2D eigenvalue weighted by Crippen LogP contribution is 2.38. The molecular formula is C27H24F2N2O3. The Hall–Kier alpha value is -3.58. The number of oxazole rings is 1. The number of halogens is 2. The Morgan fingerprint density at radius 2 is 1.74 bits per heavy atom. The molecule has 2 aromatic carbocycles. The van der Waals surface area contributed by atoms with Crippen LogP contribution in [0.4, 0.5) is 8.78 Å². The third-order valence-electron chi connectivity index (χ3n) is 6.25. The van der Waals surface area contributed by atoms with Gasteiger partial charge in [0, 0.05) is 48.6 Å². The van der Waals surface area contributed by atoms with Crippen LogP contribution in [0.5, 0.6) is 0 Å². The maximum atomic E-state index is 14.8. The van der Waals surface area contributed by atoms with E-state index in [1.807, 2.05) is 32.0 Å². The van der Waals surface area contributed by atoms with Crippen LogP contribution in [0.25, 0.3) is 28.3 Å². The molecule has 5 rings (SSSR count). The van der Waals surface area contributed by atoms with Crippen LogP contribution in [0.1, 0.15) is 35.8 Å². The fourth-order valence-electron chi connectivity index (χ4n) is 4.50. The van der Waals surface area contributed by atoms with Gasteiger partial charge in [-0.2, -0.15) is 0 Å². The summed E-state index contributed by atoms with van der Waals surface area (Å²) >= 11 is 0. The summed E-state index contributed by atoms with van der Waals surface area (Å²) in [4.78, 5) is 17.5. The molecule has 174 valence electrons. The van der Waals surface area contributed by atoms with E-state index < -0.39 is 11.6 Å². The van der Waals surface area contributed by atoms with Crippen molar-refractivity contribution in [3.63, 3.8) is 0 Å². The Morgan fingerprint density at radius 3 is 2.44 bits per heavy atom. The molecular weight excluding hydrogens is 438 g/mol. The lowest BCUT2D eigenvalue weighted by atomic mass is 10.0. The van der Waals surface area contributed by atoms with E-state index in [1.165, 1.54) is 18.2 Å². The van der Waals surface area contributed by atoms with E-state index in [0.29, 0.717) is 30.4 Å². The van der Waals surface area contributed by atoms with Gasteiger partial charge >= 0.3 is 0 Å². The number of hydrogen-bond donors (Lipinski definition) is 0. The first kappa shape index (κ1) is 22.2. The van der Waals surface area contributed by atoms with Gasteiger partial charge in [-0.05, 0) is 56.0 Å². The van der Waals surface area contributed by atoms with E-state index >= 15 is 0 Å². The van der Waals surface area contributed by atoms with Crippen molar-refractivity contribution in [2.45, 2.75) is 32.6 Å². The summed E-state index contributed by atoms with van der Waals surface area (Å²) in [6, 6.07) is 12.3. The number of nitrogens with zero attached hydrogens (tertiary/aromatic N) is 2. The predicted octanol–water partition coefficient (Wildman–Crippen LogP) is 5.95. The SMILES string of the molecule is Cc1cccc(C)c1-n1cc(-c2oc(C3CCOCC3)nc2-c2ccc(F)cc2F)ccc1=O. The molecule has 0 spiro atoms. The van der Waals surface area contributed by atoms with E-state index in [2.05, 4.69) is 4.98 Å². The van der Waals surface area contributed by atoms with Crippen LogP contribution in [-0.2, 0) is 4.74 Å². The molecule has 0 unspecified atom stereocenters. The van der Waals surface area contributed by atoms with Crippen LogP contribution in [0, 0.1) is 25.5 Å². The molecule has 5 nitrogen and oxygen atoms in total. The van der Waals surface area contributed by atoms with Gasteiger partial charge in [0.15, 0.2) is 11.7 Å². The normalized spacial score (nSPS) is 14.5. The summed E-state index contributed by atoms with van der Waals surface area (Å²) in [7, 11) is 0. The topological polar surface area (TPSA) is 57.3 Å². The van der Waals surface area contributed by atoms with Gasteiger partial charge in [-0.25, -0.2) is 13.8 Å². The van der Waals surface area contributed by atoms with Crippen LogP contribution in [0.15, 0.2) is 63.9 Å². The van der Waals surface area contributed by atoms with E-state index in [9.17, 15) is 13.6 Å². The predicted molar refractivity (Wildman–Crippen MR) is 125 cm³/mol. The van der Waals surface area contributed by atoms with Gasteiger partial charge in [-0.15, -0.1) is 0 Å². The number of para-hydroxylation sites is 1. The van der Waals surface area contributed by atoms with Gasteiger partial charge in [0.05, 0.1) is 5.69 Å². The Balaban J connectivity index is 1.70. The molecule has 4 aromatic rings. The van der Waals surface area contributed by atoms with Crippen molar-refractivity contribution in [2.24, 2.45) is 0 Å². The number of rotatable bonds is 4. The van der Waals surface area contributed by atoms with E-state index in [0.717, 1.165) is 35.7 Å². The van der Waals surface area contributed by atoms with Crippen molar-refractivity contribution >= 4 is 0 Å². The van der Waals surface area contributed by atoms with Gasteiger partial charge in [-0.1, -0.05) is 18.2 Å². The summed E-state index contributed by atoms with van der Waals surface area (Å²) in [5.74, 6) is -0.529. The second kappa shape index (κ2) is 8.99. The molecule has 1 saturated heterocycles. The zero-order valence-electron chi connectivity index (χ0n) is 19.0. The minimum Gasteiger partial charge on any atom is -0.440 e. The van der Waals surface area contributed by atoms with Crippen LogP contribution in [-0.4, -0.2) is 22.8 Å². The van der Waals surface area contributed by atoms with Gasteiger partial charge in [-0.3, -0.25) is 9.36 Å². The molecule has 1 fully saturated rings. The number of ether oxygens (including phenoxy) is 1. The van der Waals surface area contributed by atoms with Crippen molar-refractivity contribution in [3.8, 4) is 28.3 Å². The molecule has 1 aliphatic rings. The van der Waals surface area contributed by atoms with Crippen LogP contribution >= 0.6 is 0 Å². The molecule has 2 aromatic heterocycles. The maximum absolute atomic E-state index is 14.8. The smallest absolute Gasteiger partial charge is 0.255 e. The second-order valence-corrected chi connectivity index (χ2v) is 8.61. The summed E-state index contributed by atoms with van der Waals surface area (Å²) < 4.78 is 41.7. The minimum absolute atomic E-state index is 0.0364. The molecule has 3 heterocycles. The van der Waals surface area contributed by atoms with Gasteiger partial charge in [0.25, 0.3) is 5.56 Å². The van der Waals surface area contributed by atoms with E-state index in [-0.39, 0.29) is 22.7 Å². The Bertz CT molecular complexity index is 1400. The molecule has 0 bridgehead atoms. The average molecular weight is 462 g/mol. The lowest BCUT2D eigenvalue weighted by Crippen LogP contribution is -2.18. The largest absolute Gasteiger partial charge is 0.440 e. The lowest BCUT2D eigenvalue weighted by Gasteiger charge is -2.18. The fourth-order valence-corrected chi connectivity index (χ4v) is 4.50. The number of aryl methyl sites for hydroxylation is 2.